The number of carbonyl (C=O) groups excluding carboxylic acids is 2. The number of thioether (sulfide) groups is 1. The van der Waals surface area contributed by atoms with Gasteiger partial charge in [0.15, 0.2) is 11.0 Å². The van der Waals surface area contributed by atoms with E-state index in [1.54, 1.807) is 18.2 Å². The molecule has 0 radical (unpaired) electrons. The van der Waals surface area contributed by atoms with Crippen molar-refractivity contribution in [1.82, 2.24) is 20.1 Å². The SMILES string of the molecule is C=CCn1c(CNC(=O)/C=C/c2ccccc2Cl)nnc1SCC(=O)Nc1ccccc1. The van der Waals surface area contributed by atoms with Gasteiger partial charge < -0.3 is 15.2 Å². The Morgan fingerprint density at radius 3 is 2.59 bits per heavy atom. The third-order valence-corrected chi connectivity index (χ3v) is 5.55. The lowest BCUT2D eigenvalue weighted by atomic mass is 10.2. The first-order valence-corrected chi connectivity index (χ1v) is 11.1. The molecule has 0 spiro atoms. The smallest absolute Gasteiger partial charge is 0.244 e. The van der Waals surface area contributed by atoms with E-state index in [1.807, 2.05) is 53.1 Å². The first kappa shape index (κ1) is 23.3. The first-order valence-electron chi connectivity index (χ1n) is 9.78. The van der Waals surface area contributed by atoms with E-state index in [-0.39, 0.29) is 24.1 Å². The highest BCUT2D eigenvalue weighted by Crippen LogP contribution is 2.18. The number of aromatic nitrogens is 3. The van der Waals surface area contributed by atoms with Crippen molar-refractivity contribution in [2.75, 3.05) is 11.1 Å². The highest BCUT2D eigenvalue weighted by Gasteiger charge is 2.14. The lowest BCUT2D eigenvalue weighted by Gasteiger charge is -2.08. The van der Waals surface area contributed by atoms with E-state index in [9.17, 15) is 9.59 Å². The Morgan fingerprint density at radius 1 is 1.09 bits per heavy atom. The van der Waals surface area contributed by atoms with Crippen LogP contribution in [0.15, 0.2) is 78.5 Å². The summed E-state index contributed by atoms with van der Waals surface area (Å²) in [5.74, 6) is 0.315. The normalized spacial score (nSPS) is 10.8. The standard InChI is InChI=1S/C23H22ClN5O2S/c1-2-14-29-20(15-25-21(30)13-12-17-8-6-7-11-19(17)24)27-28-23(29)32-16-22(31)26-18-9-4-3-5-10-18/h2-13H,1,14-16H2,(H,25,30)(H,26,31)/b13-12+. The fourth-order valence-electron chi connectivity index (χ4n) is 2.72. The molecule has 0 saturated carbocycles. The molecule has 9 heteroatoms. The molecular formula is C23H22ClN5O2S. The van der Waals surface area contributed by atoms with Crippen molar-refractivity contribution in [3.8, 4) is 0 Å². The molecule has 3 aromatic rings. The van der Waals surface area contributed by atoms with Crippen LogP contribution < -0.4 is 10.6 Å². The Hall–Kier alpha value is -3.36. The van der Waals surface area contributed by atoms with E-state index in [0.29, 0.717) is 22.5 Å². The van der Waals surface area contributed by atoms with Gasteiger partial charge in [0, 0.05) is 23.3 Å². The number of halogens is 1. The molecule has 0 aliphatic rings. The average molecular weight is 468 g/mol. The highest BCUT2D eigenvalue weighted by atomic mass is 35.5. The number of hydrogen-bond donors (Lipinski definition) is 2. The minimum Gasteiger partial charge on any atom is -0.345 e. The molecule has 1 heterocycles. The topological polar surface area (TPSA) is 88.9 Å². The van der Waals surface area contributed by atoms with E-state index >= 15 is 0 Å². The number of benzene rings is 2. The number of nitrogens with zero attached hydrogens (tertiary/aromatic N) is 3. The lowest BCUT2D eigenvalue weighted by Crippen LogP contribution is -2.23. The molecule has 7 nitrogen and oxygen atoms in total. The number of nitrogens with one attached hydrogen (secondary N) is 2. The second-order valence-electron chi connectivity index (χ2n) is 6.57. The van der Waals surface area contributed by atoms with Crippen LogP contribution in [0.4, 0.5) is 5.69 Å². The summed E-state index contributed by atoms with van der Waals surface area (Å²) in [6.45, 7) is 4.40. The van der Waals surface area contributed by atoms with Gasteiger partial charge in [0.2, 0.25) is 11.8 Å². The monoisotopic (exact) mass is 467 g/mol. The molecule has 0 unspecified atom stereocenters. The van der Waals surface area contributed by atoms with Crippen molar-refractivity contribution in [1.29, 1.82) is 0 Å². The molecule has 0 aliphatic carbocycles. The highest BCUT2D eigenvalue weighted by molar-refractivity contribution is 7.99. The van der Waals surface area contributed by atoms with E-state index < -0.39 is 0 Å². The molecule has 164 valence electrons. The van der Waals surface area contributed by atoms with Gasteiger partial charge in [0.1, 0.15) is 0 Å². The van der Waals surface area contributed by atoms with Crippen molar-refractivity contribution < 1.29 is 9.59 Å². The van der Waals surface area contributed by atoms with E-state index in [4.69, 9.17) is 11.6 Å². The van der Waals surface area contributed by atoms with E-state index in [2.05, 4.69) is 27.4 Å². The van der Waals surface area contributed by atoms with Gasteiger partial charge in [-0.25, -0.2) is 0 Å². The number of anilines is 1. The zero-order valence-corrected chi connectivity index (χ0v) is 18.8. The van der Waals surface area contributed by atoms with Gasteiger partial charge >= 0.3 is 0 Å². The fraction of sp³-hybridized carbons (Fsp3) is 0.130. The minimum atomic E-state index is -0.283. The van der Waals surface area contributed by atoms with Crippen molar-refractivity contribution >= 4 is 46.9 Å². The molecule has 0 bridgehead atoms. The maximum Gasteiger partial charge on any atom is 0.244 e. The van der Waals surface area contributed by atoms with Gasteiger partial charge in [-0.1, -0.05) is 65.8 Å². The van der Waals surface area contributed by atoms with Crippen molar-refractivity contribution in [2.45, 2.75) is 18.2 Å². The molecule has 32 heavy (non-hydrogen) atoms. The molecule has 3 rings (SSSR count). The number of allylic oxidation sites excluding steroid dienone is 1. The third-order valence-electron chi connectivity index (χ3n) is 4.24. The predicted octanol–water partition coefficient (Wildman–Crippen LogP) is 4.18. The van der Waals surface area contributed by atoms with Crippen molar-refractivity contribution in [2.24, 2.45) is 0 Å². The van der Waals surface area contributed by atoms with Gasteiger partial charge in [-0.2, -0.15) is 0 Å². The Morgan fingerprint density at radius 2 is 1.84 bits per heavy atom. The van der Waals surface area contributed by atoms with Crippen LogP contribution in [0.1, 0.15) is 11.4 Å². The number of hydrogen-bond acceptors (Lipinski definition) is 5. The van der Waals surface area contributed by atoms with Crippen LogP contribution in [0, 0.1) is 0 Å². The van der Waals surface area contributed by atoms with Crippen LogP contribution in [-0.2, 0) is 22.7 Å². The Labute approximate surface area is 195 Å². The number of rotatable bonds is 10. The lowest BCUT2D eigenvalue weighted by molar-refractivity contribution is -0.116. The molecular weight excluding hydrogens is 446 g/mol. The van der Waals surface area contributed by atoms with Crippen LogP contribution in [-0.4, -0.2) is 32.3 Å². The van der Waals surface area contributed by atoms with Crippen LogP contribution in [0.3, 0.4) is 0 Å². The van der Waals surface area contributed by atoms with Crippen molar-refractivity contribution in [3.63, 3.8) is 0 Å². The summed E-state index contributed by atoms with van der Waals surface area (Å²) in [5.41, 5.74) is 1.49. The first-order chi connectivity index (χ1) is 15.6. The van der Waals surface area contributed by atoms with Gasteiger partial charge in [0.25, 0.3) is 0 Å². The average Bonchev–Trinajstić information content (AvgIpc) is 3.18. The summed E-state index contributed by atoms with van der Waals surface area (Å²) >= 11 is 7.36. The predicted molar refractivity (Wildman–Crippen MR) is 128 cm³/mol. The maximum absolute atomic E-state index is 12.2. The zero-order valence-electron chi connectivity index (χ0n) is 17.2. The van der Waals surface area contributed by atoms with Gasteiger partial charge in [-0.05, 0) is 29.8 Å². The van der Waals surface area contributed by atoms with Crippen LogP contribution in [0.25, 0.3) is 6.08 Å². The number of carbonyl (C=O) groups is 2. The number of para-hydroxylation sites is 1. The molecule has 2 N–H and O–H groups in total. The largest absolute Gasteiger partial charge is 0.345 e. The van der Waals surface area contributed by atoms with E-state index in [1.165, 1.54) is 17.8 Å². The van der Waals surface area contributed by atoms with E-state index in [0.717, 1.165) is 11.3 Å². The molecule has 0 aliphatic heterocycles. The summed E-state index contributed by atoms with van der Waals surface area (Å²) in [5, 5.41) is 15.1. The summed E-state index contributed by atoms with van der Waals surface area (Å²) in [6, 6.07) is 16.5. The maximum atomic E-state index is 12.2. The minimum absolute atomic E-state index is 0.145. The quantitative estimate of drug-likeness (QED) is 0.265. The van der Waals surface area contributed by atoms with Crippen LogP contribution in [0.2, 0.25) is 5.02 Å². The fourth-order valence-corrected chi connectivity index (χ4v) is 3.68. The molecule has 0 atom stereocenters. The summed E-state index contributed by atoms with van der Waals surface area (Å²) in [4.78, 5) is 24.4. The molecule has 2 aromatic carbocycles. The summed E-state index contributed by atoms with van der Waals surface area (Å²) < 4.78 is 1.81. The van der Waals surface area contributed by atoms with Crippen molar-refractivity contribution in [3.05, 3.63) is 89.7 Å². The Balaban J connectivity index is 1.56. The summed E-state index contributed by atoms with van der Waals surface area (Å²) in [7, 11) is 0. The Bertz CT molecular complexity index is 1110. The zero-order chi connectivity index (χ0) is 22.8. The second kappa shape index (κ2) is 11.9. The molecule has 1 aromatic heterocycles. The summed E-state index contributed by atoms with van der Waals surface area (Å²) in [6.07, 6.45) is 4.78. The number of amides is 2. The second-order valence-corrected chi connectivity index (χ2v) is 7.92. The third kappa shape index (κ3) is 6.83. The van der Waals surface area contributed by atoms with Gasteiger partial charge in [-0.15, -0.1) is 16.8 Å². The van der Waals surface area contributed by atoms with Gasteiger partial charge in [-0.3, -0.25) is 9.59 Å². The molecule has 0 saturated heterocycles. The molecule has 0 fully saturated rings. The Kier molecular flexibility index (Phi) is 8.65. The molecule has 2 amide bonds. The van der Waals surface area contributed by atoms with Crippen LogP contribution in [0.5, 0.6) is 0 Å². The van der Waals surface area contributed by atoms with Crippen LogP contribution >= 0.6 is 23.4 Å². The van der Waals surface area contributed by atoms with Gasteiger partial charge in [0.05, 0.1) is 12.3 Å².